The van der Waals surface area contributed by atoms with Gasteiger partial charge in [-0.25, -0.2) is 0 Å². The normalized spacial score (nSPS) is 10.7. The molecule has 7 nitrogen and oxygen atoms in total. The third-order valence-electron chi connectivity index (χ3n) is 7.68. The Labute approximate surface area is 266 Å². The number of aliphatic carboxylic acids is 1. The maximum Gasteiger partial charge on any atom is 0.305 e. The first-order valence-corrected chi connectivity index (χ1v) is 15.7. The van der Waals surface area contributed by atoms with Crippen molar-refractivity contribution in [3.05, 3.63) is 125 Å². The summed E-state index contributed by atoms with van der Waals surface area (Å²) in [6.45, 7) is 6.14. The highest BCUT2D eigenvalue weighted by molar-refractivity contribution is 6.06. The first-order chi connectivity index (χ1) is 21.9. The van der Waals surface area contributed by atoms with E-state index >= 15 is 0 Å². The Hall–Kier alpha value is -4.91. The number of rotatable bonds is 16. The fourth-order valence-corrected chi connectivity index (χ4v) is 5.28. The maximum absolute atomic E-state index is 14.1. The Kier molecular flexibility index (Phi) is 12.3. The minimum absolute atomic E-state index is 0.0714. The van der Waals surface area contributed by atoms with Gasteiger partial charge >= 0.3 is 5.97 Å². The number of carbonyl (C=O) groups excluding carboxylic acids is 2. The van der Waals surface area contributed by atoms with Gasteiger partial charge in [0.15, 0.2) is 0 Å². The van der Waals surface area contributed by atoms with E-state index < -0.39 is 5.97 Å². The van der Waals surface area contributed by atoms with Crippen LogP contribution in [0, 0.1) is 0 Å². The Morgan fingerprint density at radius 1 is 0.644 bits per heavy atom. The standard InChI is InChI=1S/C38H42N2O5/c1-3-5-25-40(28-30-13-7-6-8-14-30)38(44)35-18-12-10-16-33(35)32-15-9-11-17-34(32)37(43)39(27-24-36(41)42)26-23-29-19-21-31(22-20-29)45-4-2/h6-22H,3-5,23-28H2,1-2H3,(H,41,42). The number of amides is 2. The third kappa shape index (κ3) is 9.29. The van der Waals surface area contributed by atoms with E-state index in [4.69, 9.17) is 4.74 Å². The summed E-state index contributed by atoms with van der Waals surface area (Å²) in [4.78, 5) is 43.2. The van der Waals surface area contributed by atoms with Crippen LogP contribution in [0.15, 0.2) is 103 Å². The molecule has 0 spiro atoms. The predicted octanol–water partition coefficient (Wildman–Crippen LogP) is 7.35. The number of hydrogen-bond acceptors (Lipinski definition) is 4. The summed E-state index contributed by atoms with van der Waals surface area (Å²) in [6.07, 6.45) is 2.22. The molecule has 0 aliphatic rings. The van der Waals surface area contributed by atoms with Gasteiger partial charge in [0.25, 0.3) is 11.8 Å². The van der Waals surface area contributed by atoms with E-state index in [1.807, 2.05) is 103 Å². The summed E-state index contributed by atoms with van der Waals surface area (Å²) in [5.41, 5.74) is 4.33. The number of carboxylic acid groups (broad SMARTS) is 1. The molecule has 0 unspecified atom stereocenters. The molecule has 0 saturated heterocycles. The van der Waals surface area contributed by atoms with Gasteiger partial charge in [0.2, 0.25) is 0 Å². The average molecular weight is 607 g/mol. The molecule has 2 amide bonds. The number of hydrogen-bond donors (Lipinski definition) is 1. The molecule has 0 aromatic heterocycles. The fourth-order valence-electron chi connectivity index (χ4n) is 5.28. The zero-order chi connectivity index (χ0) is 32.0. The molecule has 0 radical (unpaired) electrons. The lowest BCUT2D eigenvalue weighted by atomic mass is 9.93. The van der Waals surface area contributed by atoms with Crippen molar-refractivity contribution in [1.29, 1.82) is 0 Å². The SMILES string of the molecule is CCCCN(Cc1ccccc1)C(=O)c1ccccc1-c1ccccc1C(=O)N(CCC(=O)O)CCc1ccc(OCC)cc1. The summed E-state index contributed by atoms with van der Waals surface area (Å²) in [5.74, 6) is -0.557. The van der Waals surface area contributed by atoms with E-state index in [9.17, 15) is 19.5 Å². The van der Waals surface area contributed by atoms with Crippen molar-refractivity contribution in [2.75, 3.05) is 26.2 Å². The van der Waals surface area contributed by atoms with E-state index in [0.29, 0.717) is 54.9 Å². The van der Waals surface area contributed by atoms with E-state index in [0.717, 1.165) is 29.7 Å². The van der Waals surface area contributed by atoms with Gasteiger partial charge in [0.05, 0.1) is 13.0 Å². The van der Waals surface area contributed by atoms with Crippen molar-refractivity contribution in [3.63, 3.8) is 0 Å². The molecule has 4 aromatic carbocycles. The van der Waals surface area contributed by atoms with Crippen molar-refractivity contribution in [2.24, 2.45) is 0 Å². The van der Waals surface area contributed by atoms with Crippen molar-refractivity contribution < 1.29 is 24.2 Å². The summed E-state index contributed by atoms with van der Waals surface area (Å²) in [6, 6.07) is 32.3. The first kappa shape index (κ1) is 33.0. The minimum Gasteiger partial charge on any atom is -0.494 e. The lowest BCUT2D eigenvalue weighted by Gasteiger charge is -2.26. The van der Waals surface area contributed by atoms with Gasteiger partial charge in [-0.2, -0.15) is 0 Å². The predicted molar refractivity (Wildman–Crippen MR) is 177 cm³/mol. The molecule has 7 heteroatoms. The monoisotopic (exact) mass is 606 g/mol. The molecule has 0 heterocycles. The van der Waals surface area contributed by atoms with Crippen LogP contribution in [0.2, 0.25) is 0 Å². The van der Waals surface area contributed by atoms with Crippen LogP contribution in [-0.4, -0.2) is 58.9 Å². The van der Waals surface area contributed by atoms with Crippen LogP contribution in [0.4, 0.5) is 0 Å². The molecular formula is C38H42N2O5. The Balaban J connectivity index is 1.64. The van der Waals surface area contributed by atoms with Crippen LogP contribution < -0.4 is 4.74 Å². The zero-order valence-electron chi connectivity index (χ0n) is 26.2. The summed E-state index contributed by atoms with van der Waals surface area (Å²) in [5, 5.41) is 9.44. The summed E-state index contributed by atoms with van der Waals surface area (Å²) in [7, 11) is 0. The van der Waals surface area contributed by atoms with Crippen molar-refractivity contribution in [2.45, 2.75) is 46.1 Å². The van der Waals surface area contributed by atoms with Gasteiger partial charge in [-0.05, 0) is 66.3 Å². The van der Waals surface area contributed by atoms with Gasteiger partial charge in [-0.3, -0.25) is 14.4 Å². The summed E-state index contributed by atoms with van der Waals surface area (Å²) < 4.78 is 5.54. The van der Waals surface area contributed by atoms with E-state index in [-0.39, 0.29) is 24.8 Å². The number of carboxylic acids is 1. The molecule has 0 saturated carbocycles. The largest absolute Gasteiger partial charge is 0.494 e. The van der Waals surface area contributed by atoms with Crippen LogP contribution in [-0.2, 0) is 17.8 Å². The summed E-state index contributed by atoms with van der Waals surface area (Å²) >= 11 is 0. The number of nitrogens with zero attached hydrogens (tertiary/aromatic N) is 2. The Morgan fingerprint density at radius 3 is 1.80 bits per heavy atom. The lowest BCUT2D eigenvalue weighted by molar-refractivity contribution is -0.137. The lowest BCUT2D eigenvalue weighted by Crippen LogP contribution is -2.35. The molecule has 234 valence electrons. The number of benzene rings is 4. The Bertz CT molecular complexity index is 1550. The van der Waals surface area contributed by atoms with Crippen LogP contribution in [0.3, 0.4) is 0 Å². The molecule has 0 aliphatic carbocycles. The minimum atomic E-state index is -0.969. The van der Waals surface area contributed by atoms with Crippen molar-refractivity contribution >= 4 is 17.8 Å². The topological polar surface area (TPSA) is 87.2 Å². The molecule has 4 aromatic rings. The molecule has 0 fully saturated rings. The average Bonchev–Trinajstić information content (AvgIpc) is 3.07. The highest BCUT2D eigenvalue weighted by Gasteiger charge is 2.24. The van der Waals surface area contributed by atoms with Crippen LogP contribution in [0.5, 0.6) is 5.75 Å². The molecule has 1 N–H and O–H groups in total. The highest BCUT2D eigenvalue weighted by Crippen LogP contribution is 2.30. The fraction of sp³-hybridized carbons (Fsp3) is 0.289. The van der Waals surface area contributed by atoms with E-state index in [1.165, 1.54) is 0 Å². The van der Waals surface area contributed by atoms with Crippen LogP contribution >= 0.6 is 0 Å². The maximum atomic E-state index is 14.1. The van der Waals surface area contributed by atoms with Gasteiger partial charge in [0, 0.05) is 37.3 Å². The Morgan fingerprint density at radius 2 is 1.22 bits per heavy atom. The van der Waals surface area contributed by atoms with Gasteiger partial charge in [-0.1, -0.05) is 92.2 Å². The quantitative estimate of drug-likeness (QED) is 0.144. The first-order valence-electron chi connectivity index (χ1n) is 15.7. The van der Waals surface area contributed by atoms with Crippen molar-refractivity contribution in [1.82, 2.24) is 9.80 Å². The third-order valence-corrected chi connectivity index (χ3v) is 7.68. The molecular weight excluding hydrogens is 564 g/mol. The van der Waals surface area contributed by atoms with Crippen LogP contribution in [0.25, 0.3) is 11.1 Å². The molecule has 45 heavy (non-hydrogen) atoms. The zero-order valence-corrected chi connectivity index (χ0v) is 26.2. The van der Waals surface area contributed by atoms with E-state index in [2.05, 4.69) is 6.92 Å². The smallest absolute Gasteiger partial charge is 0.305 e. The second-order valence-corrected chi connectivity index (χ2v) is 10.9. The molecule has 0 bridgehead atoms. The van der Waals surface area contributed by atoms with Gasteiger partial charge in [-0.15, -0.1) is 0 Å². The molecule has 4 rings (SSSR count). The van der Waals surface area contributed by atoms with Gasteiger partial charge < -0.3 is 19.6 Å². The van der Waals surface area contributed by atoms with E-state index in [1.54, 1.807) is 17.0 Å². The molecule has 0 atom stereocenters. The van der Waals surface area contributed by atoms with Crippen LogP contribution in [0.1, 0.15) is 65.0 Å². The van der Waals surface area contributed by atoms with Crippen molar-refractivity contribution in [3.8, 4) is 16.9 Å². The highest BCUT2D eigenvalue weighted by atomic mass is 16.5. The number of ether oxygens (including phenoxy) is 1. The number of carbonyl (C=O) groups is 3. The molecule has 0 aliphatic heterocycles. The van der Waals surface area contributed by atoms with Gasteiger partial charge in [0.1, 0.15) is 5.75 Å². The number of unbranched alkanes of at least 4 members (excludes halogenated alkanes) is 1. The second-order valence-electron chi connectivity index (χ2n) is 10.9. The second kappa shape index (κ2) is 16.8.